The van der Waals surface area contributed by atoms with Crippen molar-refractivity contribution in [1.29, 1.82) is 0 Å². The second-order valence-electron chi connectivity index (χ2n) is 9.48. The first kappa shape index (κ1) is 22.6. The molecule has 8 nitrogen and oxygen atoms in total. The minimum atomic E-state index is -0.345. The number of hydrogen-bond acceptors (Lipinski definition) is 6. The van der Waals surface area contributed by atoms with Gasteiger partial charge in [-0.1, -0.05) is 12.1 Å². The molecular weight excluding hydrogens is 459 g/mol. The van der Waals surface area contributed by atoms with Crippen LogP contribution in [0.25, 0.3) is 16.9 Å². The Bertz CT molecular complexity index is 1450. The molecule has 2 aliphatic heterocycles. The number of aliphatic hydroxyl groups excluding tert-OH is 1. The molecule has 1 saturated heterocycles. The SMILES string of the molecule is C[C@H](c1ccc(Nc2ccc(-c3cnc4cc(F)ccn34)c3c2C(=O)NC3)nc1)N1CCCC(O)C1. The van der Waals surface area contributed by atoms with E-state index in [2.05, 4.69) is 32.4 Å². The van der Waals surface area contributed by atoms with Gasteiger partial charge in [-0.25, -0.2) is 14.4 Å². The van der Waals surface area contributed by atoms with E-state index < -0.39 is 0 Å². The zero-order chi connectivity index (χ0) is 24.8. The lowest BCUT2D eigenvalue weighted by Gasteiger charge is -2.34. The third-order valence-corrected chi connectivity index (χ3v) is 7.22. The number of amides is 1. The van der Waals surface area contributed by atoms with Gasteiger partial charge in [-0.3, -0.25) is 14.1 Å². The zero-order valence-electron chi connectivity index (χ0n) is 19.9. The number of rotatable bonds is 5. The van der Waals surface area contributed by atoms with Gasteiger partial charge in [0, 0.05) is 43.2 Å². The Morgan fingerprint density at radius 1 is 1.19 bits per heavy atom. The summed E-state index contributed by atoms with van der Waals surface area (Å²) < 4.78 is 15.4. The average Bonchev–Trinajstić information content (AvgIpc) is 3.48. The summed E-state index contributed by atoms with van der Waals surface area (Å²) in [5.74, 6) is 0.148. The maximum atomic E-state index is 13.6. The fourth-order valence-corrected chi connectivity index (χ4v) is 5.26. The monoisotopic (exact) mass is 486 g/mol. The van der Waals surface area contributed by atoms with E-state index >= 15 is 0 Å². The first-order valence-corrected chi connectivity index (χ1v) is 12.2. The summed E-state index contributed by atoms with van der Waals surface area (Å²) in [6.45, 7) is 4.18. The van der Waals surface area contributed by atoms with Crippen LogP contribution in [0.4, 0.5) is 15.9 Å². The molecule has 0 saturated carbocycles. The van der Waals surface area contributed by atoms with Crippen molar-refractivity contribution in [2.75, 3.05) is 18.4 Å². The van der Waals surface area contributed by atoms with Crippen LogP contribution in [0, 0.1) is 5.82 Å². The van der Waals surface area contributed by atoms with Crippen LogP contribution >= 0.6 is 0 Å². The first-order chi connectivity index (χ1) is 17.5. The predicted octanol–water partition coefficient (Wildman–Crippen LogP) is 4.04. The summed E-state index contributed by atoms with van der Waals surface area (Å²) in [4.78, 5) is 24.0. The topological polar surface area (TPSA) is 94.8 Å². The molecule has 2 aliphatic rings. The van der Waals surface area contributed by atoms with Crippen molar-refractivity contribution in [3.63, 3.8) is 0 Å². The number of β-amino-alcohol motifs (C(OH)–C–C–N with tert-alkyl or cyclic N) is 1. The molecule has 184 valence electrons. The lowest BCUT2D eigenvalue weighted by Crippen LogP contribution is -2.39. The number of halogens is 1. The van der Waals surface area contributed by atoms with Gasteiger partial charge in [0.15, 0.2) is 0 Å². The molecule has 1 amide bonds. The molecule has 3 N–H and O–H groups in total. The molecule has 0 bridgehead atoms. The standard InChI is InChI=1S/C27H27FN6O2/c1-16(33-9-2-3-19(35)15-33)17-4-7-24(29-12-17)32-22-6-5-20(21-13-31-27(36)26(21)22)23-14-30-25-11-18(28)8-10-34(23)25/h4-8,10-12,14,16,19,35H,2-3,9,13,15H2,1H3,(H,29,32)(H,31,36)/t16-,19?/m1/s1. The Labute approximate surface area is 207 Å². The second-order valence-corrected chi connectivity index (χ2v) is 9.48. The van der Waals surface area contributed by atoms with E-state index in [0.29, 0.717) is 35.8 Å². The minimum absolute atomic E-state index is 0.150. The number of carbonyl (C=O) groups excluding carboxylic acids is 1. The fourth-order valence-electron chi connectivity index (χ4n) is 5.26. The summed E-state index contributed by atoms with van der Waals surface area (Å²) in [7, 11) is 0. The van der Waals surface area contributed by atoms with Crippen molar-refractivity contribution in [3.05, 3.63) is 77.5 Å². The number of benzene rings is 1. The second kappa shape index (κ2) is 9.00. The third-order valence-electron chi connectivity index (χ3n) is 7.22. The highest BCUT2D eigenvalue weighted by molar-refractivity contribution is 6.06. The highest BCUT2D eigenvalue weighted by Gasteiger charge is 2.28. The number of pyridine rings is 2. The Morgan fingerprint density at radius 2 is 2.08 bits per heavy atom. The van der Waals surface area contributed by atoms with Crippen LogP contribution < -0.4 is 10.6 Å². The fraction of sp³-hybridized carbons (Fsp3) is 0.296. The van der Waals surface area contributed by atoms with E-state index in [-0.39, 0.29) is 23.9 Å². The number of nitrogens with one attached hydrogen (secondary N) is 2. The number of anilines is 2. The molecule has 0 aliphatic carbocycles. The Morgan fingerprint density at radius 3 is 2.89 bits per heavy atom. The van der Waals surface area contributed by atoms with E-state index in [1.807, 2.05) is 34.9 Å². The van der Waals surface area contributed by atoms with Gasteiger partial charge in [0.25, 0.3) is 5.91 Å². The molecule has 0 radical (unpaired) electrons. The highest BCUT2D eigenvalue weighted by atomic mass is 19.1. The Kier molecular flexibility index (Phi) is 5.66. The molecule has 6 rings (SSSR count). The molecule has 0 spiro atoms. The number of fused-ring (bicyclic) bond motifs is 2. The Hall–Kier alpha value is -3.82. The summed E-state index contributed by atoms with van der Waals surface area (Å²) in [6.07, 6.45) is 6.77. The third kappa shape index (κ3) is 4.00. The van der Waals surface area contributed by atoms with E-state index in [0.717, 1.165) is 41.8 Å². The van der Waals surface area contributed by atoms with Crippen molar-refractivity contribution in [2.24, 2.45) is 0 Å². The van der Waals surface area contributed by atoms with Gasteiger partial charge in [0.05, 0.1) is 29.2 Å². The lowest BCUT2D eigenvalue weighted by atomic mass is 9.99. The zero-order valence-corrected chi connectivity index (χ0v) is 19.9. The summed E-state index contributed by atoms with van der Waals surface area (Å²) in [6, 6.07) is 10.7. The first-order valence-electron chi connectivity index (χ1n) is 12.2. The number of carbonyl (C=O) groups is 1. The molecule has 2 atom stereocenters. The largest absolute Gasteiger partial charge is 0.392 e. The molecular formula is C27H27FN6O2. The van der Waals surface area contributed by atoms with E-state index in [1.165, 1.54) is 12.1 Å². The van der Waals surface area contributed by atoms with E-state index in [4.69, 9.17) is 0 Å². The van der Waals surface area contributed by atoms with Crippen LogP contribution in [0.1, 0.15) is 47.3 Å². The normalized spacial score (nSPS) is 18.8. The molecule has 36 heavy (non-hydrogen) atoms. The van der Waals surface area contributed by atoms with E-state index in [9.17, 15) is 14.3 Å². The molecule has 4 aromatic rings. The van der Waals surface area contributed by atoms with Crippen LogP contribution in [0.5, 0.6) is 0 Å². The Balaban J connectivity index is 1.28. The van der Waals surface area contributed by atoms with Crippen molar-refractivity contribution >= 4 is 23.1 Å². The minimum Gasteiger partial charge on any atom is -0.392 e. The molecule has 5 heterocycles. The lowest BCUT2D eigenvalue weighted by molar-refractivity contribution is 0.0503. The summed E-state index contributed by atoms with van der Waals surface area (Å²) in [5.41, 5.74) is 5.37. The van der Waals surface area contributed by atoms with E-state index in [1.54, 1.807) is 12.4 Å². The van der Waals surface area contributed by atoms with Crippen LogP contribution in [-0.2, 0) is 6.54 Å². The molecule has 1 fully saturated rings. The number of likely N-dealkylation sites (tertiary alicyclic amines) is 1. The van der Waals surface area contributed by atoms with Crippen molar-refractivity contribution < 1.29 is 14.3 Å². The molecule has 1 aromatic carbocycles. The number of imidazole rings is 1. The number of aromatic nitrogens is 3. The molecule has 3 aromatic heterocycles. The quantitative estimate of drug-likeness (QED) is 0.394. The van der Waals surface area contributed by atoms with Gasteiger partial charge >= 0.3 is 0 Å². The van der Waals surface area contributed by atoms with Gasteiger partial charge in [-0.2, -0.15) is 0 Å². The average molecular weight is 487 g/mol. The van der Waals surface area contributed by atoms with Gasteiger partial charge in [-0.15, -0.1) is 0 Å². The number of nitrogens with zero attached hydrogens (tertiary/aromatic N) is 4. The maximum Gasteiger partial charge on any atom is 0.254 e. The molecule has 1 unspecified atom stereocenters. The van der Waals surface area contributed by atoms with Crippen LogP contribution in [-0.4, -0.2) is 49.5 Å². The highest BCUT2D eigenvalue weighted by Crippen LogP contribution is 2.35. The van der Waals surface area contributed by atoms with Crippen LogP contribution in [0.15, 0.2) is 55.0 Å². The number of aliphatic hydroxyl groups is 1. The number of hydrogen-bond donors (Lipinski definition) is 3. The maximum absolute atomic E-state index is 13.6. The van der Waals surface area contributed by atoms with Crippen molar-refractivity contribution in [1.82, 2.24) is 24.6 Å². The number of piperidine rings is 1. The van der Waals surface area contributed by atoms with Crippen LogP contribution in [0.3, 0.4) is 0 Å². The van der Waals surface area contributed by atoms with Gasteiger partial charge in [-0.05, 0) is 55.6 Å². The van der Waals surface area contributed by atoms with Crippen LogP contribution in [0.2, 0.25) is 0 Å². The predicted molar refractivity (Wildman–Crippen MR) is 135 cm³/mol. The van der Waals surface area contributed by atoms with Crippen molar-refractivity contribution in [3.8, 4) is 11.3 Å². The molecule has 9 heteroatoms. The smallest absolute Gasteiger partial charge is 0.254 e. The van der Waals surface area contributed by atoms with Gasteiger partial charge in [0.2, 0.25) is 0 Å². The summed E-state index contributed by atoms with van der Waals surface area (Å²) in [5, 5.41) is 16.2. The van der Waals surface area contributed by atoms with Gasteiger partial charge < -0.3 is 15.7 Å². The van der Waals surface area contributed by atoms with Gasteiger partial charge in [0.1, 0.15) is 17.3 Å². The van der Waals surface area contributed by atoms with Crippen molar-refractivity contribution in [2.45, 2.75) is 38.5 Å². The summed E-state index contributed by atoms with van der Waals surface area (Å²) >= 11 is 0.